The molecule has 1 unspecified atom stereocenters. The fourth-order valence-electron chi connectivity index (χ4n) is 1.96. The summed E-state index contributed by atoms with van der Waals surface area (Å²) < 4.78 is 0. The van der Waals surface area contributed by atoms with Gasteiger partial charge in [-0.15, -0.1) is 0 Å². The number of hydrogen-bond donors (Lipinski definition) is 2. The second-order valence-corrected chi connectivity index (χ2v) is 4.46. The largest absolute Gasteiger partial charge is 0.271 e. The number of nitrogens with two attached hydrogens (primary N) is 1. The Morgan fingerprint density at radius 2 is 1.94 bits per heavy atom. The van der Waals surface area contributed by atoms with Gasteiger partial charge in [-0.05, 0) is 37.5 Å². The maximum atomic E-state index is 5.61. The molecule has 0 amide bonds. The number of hydrogen-bond acceptors (Lipinski definition) is 4. The number of aromatic nitrogens is 2. The van der Waals surface area contributed by atoms with Crippen molar-refractivity contribution in [3.63, 3.8) is 0 Å². The highest BCUT2D eigenvalue weighted by Gasteiger charge is 2.14. The van der Waals surface area contributed by atoms with Crippen molar-refractivity contribution in [1.29, 1.82) is 0 Å². The lowest BCUT2D eigenvalue weighted by Crippen LogP contribution is -2.31. The number of rotatable bonds is 4. The van der Waals surface area contributed by atoms with Gasteiger partial charge in [0.25, 0.3) is 0 Å². The van der Waals surface area contributed by atoms with E-state index in [9.17, 15) is 0 Å². The zero-order valence-corrected chi connectivity index (χ0v) is 10.7. The number of hydrazine groups is 1. The van der Waals surface area contributed by atoms with Gasteiger partial charge < -0.3 is 0 Å². The number of benzene rings is 1. The molecule has 1 aromatic heterocycles. The van der Waals surface area contributed by atoms with E-state index < -0.39 is 0 Å². The van der Waals surface area contributed by atoms with E-state index in [1.807, 2.05) is 0 Å². The Balaban J connectivity index is 2.23. The zero-order chi connectivity index (χ0) is 13.0. The van der Waals surface area contributed by atoms with Crippen LogP contribution in [0.1, 0.15) is 28.6 Å². The predicted molar refractivity (Wildman–Crippen MR) is 71.7 cm³/mol. The summed E-state index contributed by atoms with van der Waals surface area (Å²) in [6.45, 7) is 4.20. The van der Waals surface area contributed by atoms with E-state index in [0.29, 0.717) is 0 Å². The fourth-order valence-corrected chi connectivity index (χ4v) is 1.96. The molecule has 2 aromatic rings. The van der Waals surface area contributed by atoms with E-state index in [0.717, 1.165) is 12.2 Å². The zero-order valence-electron chi connectivity index (χ0n) is 10.7. The molecule has 1 atom stereocenters. The van der Waals surface area contributed by atoms with Crippen LogP contribution >= 0.6 is 0 Å². The van der Waals surface area contributed by atoms with Crippen molar-refractivity contribution in [3.8, 4) is 0 Å². The van der Waals surface area contributed by atoms with Crippen LogP contribution in [0, 0.1) is 13.8 Å². The van der Waals surface area contributed by atoms with E-state index in [1.54, 1.807) is 18.5 Å². The summed E-state index contributed by atoms with van der Waals surface area (Å²) in [5, 5.41) is 0. The molecule has 0 aliphatic rings. The molecule has 94 valence electrons. The van der Waals surface area contributed by atoms with E-state index >= 15 is 0 Å². The van der Waals surface area contributed by atoms with E-state index in [2.05, 4.69) is 47.4 Å². The van der Waals surface area contributed by atoms with Crippen LogP contribution in [0.3, 0.4) is 0 Å². The Morgan fingerprint density at radius 3 is 2.61 bits per heavy atom. The average Bonchev–Trinajstić information content (AvgIpc) is 2.41. The van der Waals surface area contributed by atoms with Crippen LogP contribution in [-0.2, 0) is 6.42 Å². The third kappa shape index (κ3) is 2.91. The summed E-state index contributed by atoms with van der Waals surface area (Å²) in [5.41, 5.74) is 6.57. The molecule has 0 saturated carbocycles. The molecule has 0 bridgehead atoms. The van der Waals surface area contributed by atoms with Gasteiger partial charge >= 0.3 is 0 Å². The van der Waals surface area contributed by atoms with Crippen molar-refractivity contribution in [2.45, 2.75) is 26.3 Å². The molecule has 0 fully saturated rings. The van der Waals surface area contributed by atoms with Crippen LogP contribution in [0.2, 0.25) is 0 Å². The molecule has 1 aromatic carbocycles. The van der Waals surface area contributed by atoms with Crippen molar-refractivity contribution in [2.24, 2.45) is 5.84 Å². The van der Waals surface area contributed by atoms with Crippen LogP contribution < -0.4 is 11.3 Å². The van der Waals surface area contributed by atoms with Crippen LogP contribution in [0.15, 0.2) is 36.7 Å². The predicted octanol–water partition coefficient (Wildman–Crippen LogP) is 1.84. The maximum absolute atomic E-state index is 5.61. The van der Waals surface area contributed by atoms with Gasteiger partial charge in [0.15, 0.2) is 0 Å². The minimum atomic E-state index is -0.0632. The van der Waals surface area contributed by atoms with Gasteiger partial charge in [0.1, 0.15) is 5.82 Å². The maximum Gasteiger partial charge on any atom is 0.146 e. The summed E-state index contributed by atoms with van der Waals surface area (Å²) >= 11 is 0. The van der Waals surface area contributed by atoms with E-state index in [-0.39, 0.29) is 6.04 Å². The second kappa shape index (κ2) is 5.71. The Morgan fingerprint density at radius 1 is 1.22 bits per heavy atom. The SMILES string of the molecule is Cc1ccc(C)c(CC(NN)c2ncccn2)c1. The van der Waals surface area contributed by atoms with Crippen molar-refractivity contribution >= 4 is 0 Å². The monoisotopic (exact) mass is 242 g/mol. The quantitative estimate of drug-likeness (QED) is 0.634. The highest BCUT2D eigenvalue weighted by Crippen LogP contribution is 2.18. The van der Waals surface area contributed by atoms with Crippen LogP contribution in [-0.4, -0.2) is 9.97 Å². The van der Waals surface area contributed by atoms with Crippen LogP contribution in [0.25, 0.3) is 0 Å². The van der Waals surface area contributed by atoms with Gasteiger partial charge in [-0.3, -0.25) is 5.84 Å². The average molecular weight is 242 g/mol. The smallest absolute Gasteiger partial charge is 0.146 e. The molecule has 0 saturated heterocycles. The molecule has 2 rings (SSSR count). The summed E-state index contributed by atoms with van der Waals surface area (Å²) in [6, 6.07) is 8.16. The summed E-state index contributed by atoms with van der Waals surface area (Å²) in [6.07, 6.45) is 4.25. The molecule has 4 heteroatoms. The Kier molecular flexibility index (Phi) is 4.02. The highest BCUT2D eigenvalue weighted by molar-refractivity contribution is 5.31. The van der Waals surface area contributed by atoms with Gasteiger partial charge in [-0.2, -0.15) is 0 Å². The summed E-state index contributed by atoms with van der Waals surface area (Å²) in [5.74, 6) is 6.33. The number of nitrogens with one attached hydrogen (secondary N) is 1. The lowest BCUT2D eigenvalue weighted by atomic mass is 9.99. The fraction of sp³-hybridized carbons (Fsp3) is 0.286. The van der Waals surface area contributed by atoms with Gasteiger partial charge in [0.2, 0.25) is 0 Å². The first kappa shape index (κ1) is 12.7. The summed E-state index contributed by atoms with van der Waals surface area (Å²) in [4.78, 5) is 8.49. The number of aryl methyl sites for hydroxylation is 2. The molecule has 1 heterocycles. The molecule has 3 N–H and O–H groups in total. The Bertz CT molecular complexity index is 510. The second-order valence-electron chi connectivity index (χ2n) is 4.46. The third-order valence-electron chi connectivity index (χ3n) is 3.03. The molecule has 4 nitrogen and oxygen atoms in total. The number of nitrogens with zero attached hydrogens (tertiary/aromatic N) is 2. The first-order valence-electron chi connectivity index (χ1n) is 6.00. The minimum absolute atomic E-state index is 0.0632. The first-order chi connectivity index (χ1) is 8.70. The topological polar surface area (TPSA) is 63.8 Å². The molecule has 0 aliphatic heterocycles. The van der Waals surface area contributed by atoms with Crippen molar-refractivity contribution in [1.82, 2.24) is 15.4 Å². The van der Waals surface area contributed by atoms with Crippen LogP contribution in [0.4, 0.5) is 0 Å². The van der Waals surface area contributed by atoms with E-state index in [1.165, 1.54) is 16.7 Å². The van der Waals surface area contributed by atoms with Gasteiger partial charge in [0, 0.05) is 12.4 Å². The van der Waals surface area contributed by atoms with Gasteiger partial charge in [-0.1, -0.05) is 23.8 Å². The molecule has 0 aliphatic carbocycles. The van der Waals surface area contributed by atoms with Crippen molar-refractivity contribution < 1.29 is 0 Å². The molecule has 0 spiro atoms. The Labute approximate surface area is 107 Å². The highest BCUT2D eigenvalue weighted by atomic mass is 15.2. The Hall–Kier alpha value is -1.78. The standard InChI is InChI=1S/C14H18N4/c1-10-4-5-11(2)12(8-10)9-13(18-15)14-16-6-3-7-17-14/h3-8,13,18H,9,15H2,1-2H3. The minimum Gasteiger partial charge on any atom is -0.271 e. The van der Waals surface area contributed by atoms with Crippen molar-refractivity contribution in [3.05, 3.63) is 59.2 Å². The third-order valence-corrected chi connectivity index (χ3v) is 3.03. The van der Waals surface area contributed by atoms with Gasteiger partial charge in [0.05, 0.1) is 6.04 Å². The normalized spacial score (nSPS) is 12.4. The molecule has 18 heavy (non-hydrogen) atoms. The van der Waals surface area contributed by atoms with Crippen LogP contribution in [0.5, 0.6) is 0 Å². The lowest BCUT2D eigenvalue weighted by molar-refractivity contribution is 0.521. The lowest BCUT2D eigenvalue weighted by Gasteiger charge is -2.16. The van der Waals surface area contributed by atoms with Gasteiger partial charge in [-0.25, -0.2) is 15.4 Å². The first-order valence-corrected chi connectivity index (χ1v) is 6.00. The van der Waals surface area contributed by atoms with E-state index in [4.69, 9.17) is 5.84 Å². The van der Waals surface area contributed by atoms with Crippen molar-refractivity contribution in [2.75, 3.05) is 0 Å². The molecule has 0 radical (unpaired) electrons. The summed E-state index contributed by atoms with van der Waals surface area (Å²) in [7, 11) is 0. The molecular formula is C14H18N4. The molecular weight excluding hydrogens is 224 g/mol.